The molecule has 102 valence electrons. The summed E-state index contributed by atoms with van der Waals surface area (Å²) in [4.78, 5) is 22.9. The minimum absolute atomic E-state index is 0.169. The average Bonchev–Trinajstić information content (AvgIpc) is 2.74. The molecular weight excluding hydrogens is 291 g/mol. The van der Waals surface area contributed by atoms with Gasteiger partial charge in [0.2, 0.25) is 5.91 Å². The molecule has 0 unspecified atom stereocenters. The van der Waals surface area contributed by atoms with Gasteiger partial charge in [0.25, 0.3) is 5.91 Å². The molecule has 1 aliphatic heterocycles. The number of carbonyl (C=O) groups excluding carboxylic acids is 2. The quantitative estimate of drug-likeness (QED) is 0.883. The van der Waals surface area contributed by atoms with Crippen LogP contribution in [0, 0.1) is 0 Å². The number of nitrogens with one attached hydrogen (secondary N) is 2. The van der Waals surface area contributed by atoms with Crippen LogP contribution >= 0.6 is 23.2 Å². The zero-order chi connectivity index (χ0) is 13.8. The molecule has 0 radical (unpaired) electrons. The van der Waals surface area contributed by atoms with Crippen LogP contribution in [0.2, 0.25) is 10.0 Å². The van der Waals surface area contributed by atoms with Crippen molar-refractivity contribution in [2.75, 3.05) is 13.2 Å². The van der Waals surface area contributed by atoms with E-state index in [0.717, 1.165) is 0 Å². The molecule has 2 rings (SSSR count). The molecule has 0 saturated carbocycles. The van der Waals surface area contributed by atoms with Gasteiger partial charge in [0.1, 0.15) is 11.8 Å². The van der Waals surface area contributed by atoms with Gasteiger partial charge < -0.3 is 15.4 Å². The summed E-state index contributed by atoms with van der Waals surface area (Å²) in [5.74, 6) is -0.164. The third kappa shape index (κ3) is 3.75. The van der Waals surface area contributed by atoms with Gasteiger partial charge in [-0.3, -0.25) is 9.59 Å². The molecule has 5 nitrogen and oxygen atoms in total. The van der Waals surface area contributed by atoms with Gasteiger partial charge in [-0.15, -0.1) is 0 Å². The smallest absolute Gasteiger partial charge is 0.258 e. The van der Waals surface area contributed by atoms with Gasteiger partial charge in [-0.2, -0.15) is 0 Å². The van der Waals surface area contributed by atoms with Crippen molar-refractivity contribution in [3.05, 3.63) is 28.2 Å². The van der Waals surface area contributed by atoms with Crippen molar-refractivity contribution in [1.82, 2.24) is 10.6 Å². The van der Waals surface area contributed by atoms with E-state index >= 15 is 0 Å². The molecule has 0 aliphatic carbocycles. The summed E-state index contributed by atoms with van der Waals surface area (Å²) in [7, 11) is 0. The molecule has 19 heavy (non-hydrogen) atoms. The van der Waals surface area contributed by atoms with Crippen LogP contribution < -0.4 is 15.4 Å². The molecule has 1 atom stereocenters. The number of carbonyl (C=O) groups is 2. The number of hydrogen-bond donors (Lipinski definition) is 2. The minimum atomic E-state index is -0.475. The van der Waals surface area contributed by atoms with E-state index in [1.165, 1.54) is 6.07 Å². The molecule has 0 bridgehead atoms. The molecule has 2 amide bonds. The maximum absolute atomic E-state index is 11.6. The van der Waals surface area contributed by atoms with E-state index in [1.54, 1.807) is 12.1 Å². The van der Waals surface area contributed by atoms with Crippen molar-refractivity contribution in [2.45, 2.75) is 12.5 Å². The van der Waals surface area contributed by atoms with E-state index in [-0.39, 0.29) is 18.4 Å². The highest BCUT2D eigenvalue weighted by Gasteiger charge is 2.25. The summed E-state index contributed by atoms with van der Waals surface area (Å²) in [5.41, 5.74) is 0. The number of hydrogen-bond acceptors (Lipinski definition) is 3. The standard InChI is InChI=1S/C12H12Cl2N2O3/c13-7-1-2-10(8(14)5-7)19-6-11(17)16-9-3-4-15-12(9)18/h1-2,5,9H,3-4,6H2,(H,15,18)(H,16,17)/t9-/m0/s1. The Balaban J connectivity index is 1.84. The van der Waals surface area contributed by atoms with Gasteiger partial charge >= 0.3 is 0 Å². The van der Waals surface area contributed by atoms with Crippen LogP contribution in [0.4, 0.5) is 0 Å². The van der Waals surface area contributed by atoms with E-state index in [0.29, 0.717) is 28.8 Å². The van der Waals surface area contributed by atoms with E-state index in [4.69, 9.17) is 27.9 Å². The molecule has 2 N–H and O–H groups in total. The topological polar surface area (TPSA) is 67.4 Å². The van der Waals surface area contributed by atoms with Crippen LogP contribution in [0.3, 0.4) is 0 Å². The SMILES string of the molecule is O=C(COc1ccc(Cl)cc1Cl)N[C@H]1CCNC1=O. The van der Waals surface area contributed by atoms with Crippen molar-refractivity contribution in [3.8, 4) is 5.75 Å². The highest BCUT2D eigenvalue weighted by molar-refractivity contribution is 6.35. The zero-order valence-electron chi connectivity index (χ0n) is 9.91. The molecule has 1 fully saturated rings. The van der Waals surface area contributed by atoms with Crippen molar-refractivity contribution >= 4 is 35.0 Å². The molecule has 1 heterocycles. The van der Waals surface area contributed by atoms with E-state index < -0.39 is 6.04 Å². The first-order chi connectivity index (χ1) is 9.06. The second-order valence-corrected chi connectivity index (χ2v) is 4.91. The molecule has 1 aliphatic rings. The first-order valence-corrected chi connectivity index (χ1v) is 6.47. The van der Waals surface area contributed by atoms with Gasteiger partial charge in [0.15, 0.2) is 6.61 Å². The van der Waals surface area contributed by atoms with Crippen LogP contribution in [0.25, 0.3) is 0 Å². The lowest BCUT2D eigenvalue weighted by Crippen LogP contribution is -2.42. The third-order valence-corrected chi connectivity index (χ3v) is 3.17. The Labute approximate surface area is 120 Å². The maximum atomic E-state index is 11.6. The number of benzene rings is 1. The number of halogens is 2. The second kappa shape index (κ2) is 6.12. The summed E-state index contributed by atoms with van der Waals surface area (Å²) in [5, 5.41) is 6.04. The van der Waals surface area contributed by atoms with Crippen LogP contribution in [-0.2, 0) is 9.59 Å². The molecule has 0 spiro atoms. The molecule has 1 aromatic carbocycles. The Morgan fingerprint density at radius 1 is 1.47 bits per heavy atom. The summed E-state index contributed by atoms with van der Waals surface area (Å²) in [6.45, 7) is 0.374. The zero-order valence-corrected chi connectivity index (χ0v) is 11.4. The van der Waals surface area contributed by atoms with Crippen LogP contribution in [0.5, 0.6) is 5.75 Å². The second-order valence-electron chi connectivity index (χ2n) is 4.06. The number of ether oxygens (including phenoxy) is 1. The van der Waals surface area contributed by atoms with E-state index in [1.807, 2.05) is 0 Å². The molecular formula is C12H12Cl2N2O3. The fourth-order valence-electron chi connectivity index (χ4n) is 1.70. The predicted molar refractivity (Wildman–Crippen MR) is 71.5 cm³/mol. The van der Waals surface area contributed by atoms with Gasteiger partial charge in [-0.25, -0.2) is 0 Å². The highest BCUT2D eigenvalue weighted by Crippen LogP contribution is 2.27. The lowest BCUT2D eigenvalue weighted by atomic mass is 10.2. The van der Waals surface area contributed by atoms with Crippen molar-refractivity contribution < 1.29 is 14.3 Å². The number of amides is 2. The largest absolute Gasteiger partial charge is 0.482 e. The Morgan fingerprint density at radius 2 is 2.26 bits per heavy atom. The van der Waals surface area contributed by atoms with Crippen molar-refractivity contribution in [2.24, 2.45) is 0 Å². The summed E-state index contributed by atoms with van der Waals surface area (Å²) in [6, 6.07) is 4.25. The average molecular weight is 303 g/mol. The summed E-state index contributed by atoms with van der Waals surface area (Å²) < 4.78 is 5.26. The van der Waals surface area contributed by atoms with E-state index in [2.05, 4.69) is 10.6 Å². The van der Waals surface area contributed by atoms with Crippen molar-refractivity contribution in [1.29, 1.82) is 0 Å². The third-order valence-electron chi connectivity index (χ3n) is 2.64. The number of rotatable bonds is 4. The molecule has 7 heteroatoms. The molecule has 1 saturated heterocycles. The lowest BCUT2D eigenvalue weighted by Gasteiger charge is -2.11. The van der Waals surface area contributed by atoms with Crippen LogP contribution in [-0.4, -0.2) is 31.0 Å². The monoisotopic (exact) mass is 302 g/mol. The maximum Gasteiger partial charge on any atom is 0.258 e. The van der Waals surface area contributed by atoms with Gasteiger partial charge in [-0.1, -0.05) is 23.2 Å². The molecule has 1 aromatic rings. The fraction of sp³-hybridized carbons (Fsp3) is 0.333. The Bertz CT molecular complexity index is 508. The van der Waals surface area contributed by atoms with Gasteiger partial charge in [0, 0.05) is 11.6 Å². The minimum Gasteiger partial charge on any atom is -0.482 e. The van der Waals surface area contributed by atoms with Gasteiger partial charge in [0.05, 0.1) is 5.02 Å². The van der Waals surface area contributed by atoms with Crippen molar-refractivity contribution in [3.63, 3.8) is 0 Å². The Hall–Kier alpha value is -1.46. The Kier molecular flexibility index (Phi) is 4.50. The fourth-order valence-corrected chi connectivity index (χ4v) is 2.17. The molecule has 0 aromatic heterocycles. The Morgan fingerprint density at radius 3 is 2.89 bits per heavy atom. The van der Waals surface area contributed by atoms with E-state index in [9.17, 15) is 9.59 Å². The lowest BCUT2D eigenvalue weighted by molar-refractivity contribution is -0.128. The van der Waals surface area contributed by atoms with Gasteiger partial charge in [-0.05, 0) is 24.6 Å². The highest BCUT2D eigenvalue weighted by atomic mass is 35.5. The normalized spacial score (nSPS) is 18.0. The summed E-state index contributed by atoms with van der Waals surface area (Å²) in [6.07, 6.45) is 0.590. The summed E-state index contributed by atoms with van der Waals surface area (Å²) >= 11 is 11.6. The van der Waals surface area contributed by atoms with Crippen LogP contribution in [0.1, 0.15) is 6.42 Å². The first-order valence-electron chi connectivity index (χ1n) is 5.71. The van der Waals surface area contributed by atoms with Crippen LogP contribution in [0.15, 0.2) is 18.2 Å². The first kappa shape index (κ1) is 14.0. The predicted octanol–water partition coefficient (Wildman–Crippen LogP) is 1.38.